The molecule has 0 unspecified atom stereocenters. The van der Waals surface area contributed by atoms with Gasteiger partial charge in [0.2, 0.25) is 0 Å². The van der Waals surface area contributed by atoms with Crippen molar-refractivity contribution < 1.29 is 9.59 Å². The minimum atomic E-state index is -0.992. The maximum Gasteiger partial charge on any atom is 0.253 e. The van der Waals surface area contributed by atoms with Gasteiger partial charge in [0.15, 0.2) is 0 Å². The number of benzene rings is 2. The van der Waals surface area contributed by atoms with Crippen LogP contribution in [0.15, 0.2) is 54.6 Å². The van der Waals surface area contributed by atoms with Gasteiger partial charge in [-0.25, -0.2) is 0 Å². The van der Waals surface area contributed by atoms with Crippen LogP contribution in [0, 0.1) is 11.3 Å². The number of nitrogens with one attached hydrogen (secondary N) is 1. The summed E-state index contributed by atoms with van der Waals surface area (Å²) in [5.74, 6) is -0.540. The number of rotatable bonds is 6. The molecule has 0 saturated carbocycles. The van der Waals surface area contributed by atoms with Crippen LogP contribution < -0.4 is 5.32 Å². The molecular weight excluding hydrogens is 326 g/mol. The maximum atomic E-state index is 12.6. The van der Waals surface area contributed by atoms with Crippen molar-refractivity contribution in [2.24, 2.45) is 0 Å². The largest absolute Gasteiger partial charge is 0.345 e. The van der Waals surface area contributed by atoms with E-state index in [9.17, 15) is 14.9 Å². The van der Waals surface area contributed by atoms with Gasteiger partial charge in [0, 0.05) is 25.2 Å². The Kier molecular flexibility index (Phi) is 6.13. The smallest absolute Gasteiger partial charge is 0.253 e. The molecule has 0 fully saturated rings. The summed E-state index contributed by atoms with van der Waals surface area (Å²) in [6.45, 7) is 1.71. The molecule has 26 heavy (non-hydrogen) atoms. The molecule has 5 nitrogen and oxygen atoms in total. The number of nitriles is 1. The third kappa shape index (κ3) is 4.93. The molecule has 0 spiro atoms. The third-order valence-corrected chi connectivity index (χ3v) is 4.17. The van der Waals surface area contributed by atoms with E-state index < -0.39 is 5.54 Å². The predicted molar refractivity (Wildman–Crippen MR) is 101 cm³/mol. The summed E-state index contributed by atoms with van der Waals surface area (Å²) in [4.78, 5) is 26.1. The highest BCUT2D eigenvalue weighted by molar-refractivity contribution is 5.99. The number of amides is 2. The van der Waals surface area contributed by atoms with E-state index in [1.807, 2.05) is 30.3 Å². The lowest BCUT2D eigenvalue weighted by Crippen LogP contribution is -2.45. The van der Waals surface area contributed by atoms with Crippen molar-refractivity contribution in [2.45, 2.75) is 25.3 Å². The number of carbonyl (C=O) groups excluding carboxylic acids is 2. The summed E-state index contributed by atoms with van der Waals surface area (Å²) in [5.41, 5.74) is 0.917. The van der Waals surface area contributed by atoms with Crippen molar-refractivity contribution in [3.05, 3.63) is 71.3 Å². The van der Waals surface area contributed by atoms with Crippen molar-refractivity contribution >= 4 is 11.8 Å². The lowest BCUT2D eigenvalue weighted by atomic mass is 9.94. The summed E-state index contributed by atoms with van der Waals surface area (Å²) < 4.78 is 0. The van der Waals surface area contributed by atoms with Crippen molar-refractivity contribution in [3.8, 4) is 6.07 Å². The first-order chi connectivity index (χ1) is 12.3. The van der Waals surface area contributed by atoms with E-state index in [4.69, 9.17) is 0 Å². The Balaban J connectivity index is 2.10. The molecule has 2 rings (SSSR count). The SMILES string of the molecule is CN(C)C(=O)c1cccc(C(=O)N[C@](C)(C#N)CCc2ccccc2)c1. The highest BCUT2D eigenvalue weighted by Gasteiger charge is 2.26. The van der Waals surface area contributed by atoms with Crippen LogP contribution in [-0.4, -0.2) is 36.3 Å². The summed E-state index contributed by atoms with van der Waals surface area (Å²) >= 11 is 0. The highest BCUT2D eigenvalue weighted by atomic mass is 16.2. The van der Waals surface area contributed by atoms with Gasteiger partial charge in [-0.1, -0.05) is 36.4 Å². The Labute approximate surface area is 154 Å². The van der Waals surface area contributed by atoms with Crippen molar-refractivity contribution in [1.29, 1.82) is 5.26 Å². The maximum absolute atomic E-state index is 12.6. The van der Waals surface area contributed by atoms with Crippen LogP contribution in [0.25, 0.3) is 0 Å². The molecule has 0 bridgehead atoms. The number of hydrogen-bond acceptors (Lipinski definition) is 3. The van der Waals surface area contributed by atoms with E-state index in [1.54, 1.807) is 45.3 Å². The van der Waals surface area contributed by atoms with Crippen LogP contribution in [0.5, 0.6) is 0 Å². The zero-order valence-electron chi connectivity index (χ0n) is 15.3. The van der Waals surface area contributed by atoms with Crippen molar-refractivity contribution in [3.63, 3.8) is 0 Å². The van der Waals surface area contributed by atoms with Crippen LogP contribution in [0.3, 0.4) is 0 Å². The van der Waals surface area contributed by atoms with E-state index in [0.29, 0.717) is 24.0 Å². The lowest BCUT2D eigenvalue weighted by molar-refractivity contribution is 0.0827. The van der Waals surface area contributed by atoms with E-state index in [2.05, 4.69) is 11.4 Å². The van der Waals surface area contributed by atoms with E-state index in [1.165, 1.54) is 4.90 Å². The average molecular weight is 349 g/mol. The molecular formula is C21H23N3O2. The molecule has 0 heterocycles. The number of hydrogen-bond donors (Lipinski definition) is 1. The van der Waals surface area contributed by atoms with Crippen LogP contribution in [0.4, 0.5) is 0 Å². The van der Waals surface area contributed by atoms with Gasteiger partial charge in [0.1, 0.15) is 5.54 Å². The fourth-order valence-electron chi connectivity index (χ4n) is 2.56. The second kappa shape index (κ2) is 8.30. The van der Waals surface area contributed by atoms with Crippen LogP contribution in [0.1, 0.15) is 39.6 Å². The molecule has 0 aliphatic heterocycles. The van der Waals surface area contributed by atoms with Crippen molar-refractivity contribution in [2.75, 3.05) is 14.1 Å². The normalized spacial score (nSPS) is 12.5. The standard InChI is InChI=1S/C21H23N3O2/c1-21(15-22,13-12-16-8-5-4-6-9-16)23-19(25)17-10-7-11-18(14-17)20(26)24(2)3/h4-11,14H,12-13H2,1-3H3,(H,23,25)/t21-/m0/s1. The minimum absolute atomic E-state index is 0.174. The van der Waals surface area contributed by atoms with Crippen LogP contribution in [-0.2, 0) is 6.42 Å². The quantitative estimate of drug-likeness (QED) is 0.871. The topological polar surface area (TPSA) is 73.2 Å². The average Bonchev–Trinajstić information content (AvgIpc) is 2.66. The van der Waals surface area contributed by atoms with Gasteiger partial charge in [-0.2, -0.15) is 5.26 Å². The van der Waals surface area contributed by atoms with Crippen molar-refractivity contribution in [1.82, 2.24) is 10.2 Å². The highest BCUT2D eigenvalue weighted by Crippen LogP contribution is 2.15. The molecule has 2 aromatic carbocycles. The molecule has 5 heteroatoms. The van der Waals surface area contributed by atoms with Gasteiger partial charge in [-0.15, -0.1) is 0 Å². The Morgan fingerprint density at radius 2 is 1.73 bits per heavy atom. The fraction of sp³-hybridized carbons (Fsp3) is 0.286. The first-order valence-corrected chi connectivity index (χ1v) is 8.44. The van der Waals surface area contributed by atoms with Gasteiger partial charge in [-0.3, -0.25) is 9.59 Å². The first kappa shape index (κ1) is 19.2. The Hall–Kier alpha value is -3.13. The zero-order chi connectivity index (χ0) is 19.2. The Morgan fingerprint density at radius 3 is 2.35 bits per heavy atom. The van der Waals surface area contributed by atoms with Gasteiger partial charge < -0.3 is 10.2 Å². The molecule has 0 saturated heterocycles. The molecule has 1 atom stereocenters. The molecule has 0 aromatic heterocycles. The monoisotopic (exact) mass is 349 g/mol. The summed E-state index contributed by atoms with van der Waals surface area (Å²) in [7, 11) is 3.32. The molecule has 0 aliphatic carbocycles. The summed E-state index contributed by atoms with van der Waals surface area (Å²) in [5, 5.41) is 12.3. The van der Waals surface area contributed by atoms with Gasteiger partial charge >= 0.3 is 0 Å². The number of carbonyl (C=O) groups is 2. The third-order valence-electron chi connectivity index (χ3n) is 4.17. The molecule has 0 aliphatic rings. The van der Waals surface area contributed by atoms with E-state index in [-0.39, 0.29) is 11.8 Å². The number of nitrogens with zero attached hydrogens (tertiary/aromatic N) is 2. The van der Waals surface area contributed by atoms with E-state index >= 15 is 0 Å². The van der Waals surface area contributed by atoms with Gasteiger partial charge in [0.05, 0.1) is 6.07 Å². The Morgan fingerprint density at radius 1 is 1.08 bits per heavy atom. The fourth-order valence-corrected chi connectivity index (χ4v) is 2.56. The number of aryl methyl sites for hydroxylation is 1. The molecule has 1 N–H and O–H groups in total. The molecule has 2 amide bonds. The predicted octanol–water partition coefficient (Wildman–Crippen LogP) is 3.03. The second-order valence-corrected chi connectivity index (χ2v) is 6.66. The summed E-state index contributed by atoms with van der Waals surface area (Å²) in [6.07, 6.45) is 1.18. The molecule has 0 radical (unpaired) electrons. The van der Waals surface area contributed by atoms with Crippen LogP contribution >= 0.6 is 0 Å². The summed E-state index contributed by atoms with van der Waals surface area (Å²) in [6, 6.07) is 18.5. The van der Waals surface area contributed by atoms with Gasteiger partial charge in [0.25, 0.3) is 11.8 Å². The first-order valence-electron chi connectivity index (χ1n) is 8.44. The zero-order valence-corrected chi connectivity index (χ0v) is 15.3. The van der Waals surface area contributed by atoms with E-state index in [0.717, 1.165) is 5.56 Å². The molecule has 2 aromatic rings. The molecule has 134 valence electrons. The van der Waals surface area contributed by atoms with Gasteiger partial charge in [-0.05, 0) is 43.5 Å². The second-order valence-electron chi connectivity index (χ2n) is 6.66. The van der Waals surface area contributed by atoms with Crippen LogP contribution in [0.2, 0.25) is 0 Å². The lowest BCUT2D eigenvalue weighted by Gasteiger charge is -2.23. The minimum Gasteiger partial charge on any atom is -0.345 e. The Bertz CT molecular complexity index is 825.